The highest BCUT2D eigenvalue weighted by atomic mass is 35.5. The fraction of sp³-hybridized carbons (Fsp3) is 0.314. The van der Waals surface area contributed by atoms with Gasteiger partial charge in [0.2, 0.25) is 5.91 Å². The van der Waals surface area contributed by atoms with Crippen LogP contribution in [-0.2, 0) is 41.8 Å². The first-order valence-corrected chi connectivity index (χ1v) is 16.5. The minimum atomic E-state index is -1.33. The number of carbonyl (C=O) groups excluding carboxylic acids is 4. The van der Waals surface area contributed by atoms with Crippen LogP contribution < -0.4 is 20.4 Å². The van der Waals surface area contributed by atoms with Crippen LogP contribution in [0.1, 0.15) is 40.4 Å². The Morgan fingerprint density at radius 3 is 2.41 bits per heavy atom. The zero-order chi connectivity index (χ0) is 37.2. The van der Waals surface area contributed by atoms with Crippen molar-refractivity contribution in [1.82, 2.24) is 10.6 Å². The molecule has 0 radical (unpaired) electrons. The average molecular weight is 743 g/mol. The van der Waals surface area contributed by atoms with E-state index in [-0.39, 0.29) is 42.4 Å². The van der Waals surface area contributed by atoms with Gasteiger partial charge in [0.05, 0.1) is 36.6 Å². The fourth-order valence-corrected chi connectivity index (χ4v) is 5.91. The third-order valence-corrected chi connectivity index (χ3v) is 8.63. The quantitative estimate of drug-likeness (QED) is 0.141. The number of rotatable bonds is 14. The van der Waals surface area contributed by atoms with E-state index < -0.39 is 54.6 Å². The highest BCUT2D eigenvalue weighted by Gasteiger charge is 2.38. The lowest BCUT2D eigenvalue weighted by Gasteiger charge is -2.25. The summed E-state index contributed by atoms with van der Waals surface area (Å²) in [5.41, 5.74) is 2.11. The Morgan fingerprint density at radius 1 is 1.08 bits per heavy atom. The summed E-state index contributed by atoms with van der Waals surface area (Å²) < 4.78 is 5.07. The summed E-state index contributed by atoms with van der Waals surface area (Å²) in [6.45, 7) is 2.10. The molecule has 4 rings (SSSR count). The maximum atomic E-state index is 14.2. The SMILES string of the molecule is CCc1cc(C(=O)N[C@H]2CN(C(=O)COC)c3ccccc3N(CC(=O)N[C@H](/C=N/OCc3c(Cl)cccc3Cl)CC(=O)O)C2=O)cc(C)c1O. The van der Waals surface area contributed by atoms with E-state index in [4.69, 9.17) is 32.8 Å². The number of fused-ring (bicyclic) bond motifs is 1. The number of aryl methyl sites for hydroxylation is 2. The number of phenols is 1. The van der Waals surface area contributed by atoms with E-state index in [2.05, 4.69) is 15.8 Å². The molecule has 2 atom stereocenters. The van der Waals surface area contributed by atoms with Crippen LogP contribution in [0.5, 0.6) is 5.75 Å². The number of halogens is 2. The number of carboxylic acids is 1. The van der Waals surface area contributed by atoms with Crippen LogP contribution in [0.15, 0.2) is 59.8 Å². The number of nitrogens with zero attached hydrogens (tertiary/aromatic N) is 3. The lowest BCUT2D eigenvalue weighted by molar-refractivity contribution is -0.137. The number of hydrogen-bond acceptors (Lipinski definition) is 9. The Kier molecular flexibility index (Phi) is 13.4. The maximum Gasteiger partial charge on any atom is 0.305 e. The first-order chi connectivity index (χ1) is 24.3. The number of amides is 4. The van der Waals surface area contributed by atoms with Crippen molar-refractivity contribution in [2.75, 3.05) is 36.6 Å². The van der Waals surface area contributed by atoms with E-state index in [1.54, 1.807) is 49.4 Å². The monoisotopic (exact) mass is 741 g/mol. The molecule has 51 heavy (non-hydrogen) atoms. The summed E-state index contributed by atoms with van der Waals surface area (Å²) in [4.78, 5) is 73.8. The van der Waals surface area contributed by atoms with E-state index in [1.807, 2.05) is 6.92 Å². The number of aliphatic carboxylic acids is 1. The second-order valence-corrected chi connectivity index (χ2v) is 12.3. The van der Waals surface area contributed by atoms with E-state index in [1.165, 1.54) is 24.1 Å². The molecule has 3 aromatic rings. The molecule has 0 unspecified atom stereocenters. The molecule has 4 amide bonds. The van der Waals surface area contributed by atoms with Gasteiger partial charge in [-0.25, -0.2) is 0 Å². The largest absolute Gasteiger partial charge is 0.507 e. The number of aromatic hydroxyl groups is 1. The van der Waals surface area contributed by atoms with Gasteiger partial charge >= 0.3 is 5.97 Å². The molecule has 0 spiro atoms. The number of ether oxygens (including phenoxy) is 1. The van der Waals surface area contributed by atoms with Gasteiger partial charge in [-0.1, -0.05) is 53.5 Å². The third-order valence-electron chi connectivity index (χ3n) is 7.92. The number of benzene rings is 3. The van der Waals surface area contributed by atoms with Crippen molar-refractivity contribution in [1.29, 1.82) is 0 Å². The maximum absolute atomic E-state index is 14.2. The minimum Gasteiger partial charge on any atom is -0.507 e. The van der Waals surface area contributed by atoms with Crippen molar-refractivity contribution in [3.63, 3.8) is 0 Å². The van der Waals surface area contributed by atoms with Crippen molar-refractivity contribution < 1.29 is 43.8 Å². The van der Waals surface area contributed by atoms with Crippen LogP contribution in [0, 0.1) is 6.92 Å². The first-order valence-electron chi connectivity index (χ1n) is 15.8. The Labute approximate surface area is 303 Å². The molecule has 0 aliphatic carbocycles. The molecule has 0 saturated heterocycles. The number of oxime groups is 1. The summed E-state index contributed by atoms with van der Waals surface area (Å²) in [5, 5.41) is 29.6. The zero-order valence-corrected chi connectivity index (χ0v) is 29.5. The highest BCUT2D eigenvalue weighted by molar-refractivity contribution is 6.36. The lowest BCUT2D eigenvalue weighted by atomic mass is 10.0. The Hall–Kier alpha value is -5.18. The highest BCUT2D eigenvalue weighted by Crippen LogP contribution is 2.33. The van der Waals surface area contributed by atoms with Crippen molar-refractivity contribution >= 4 is 70.4 Å². The second-order valence-electron chi connectivity index (χ2n) is 11.5. The predicted molar refractivity (Wildman–Crippen MR) is 190 cm³/mol. The van der Waals surface area contributed by atoms with Gasteiger partial charge in [0.25, 0.3) is 17.7 Å². The molecule has 3 aromatic carbocycles. The van der Waals surface area contributed by atoms with Gasteiger partial charge in [-0.05, 0) is 60.9 Å². The molecule has 1 heterocycles. The Balaban J connectivity index is 1.60. The van der Waals surface area contributed by atoms with Crippen molar-refractivity contribution in [2.24, 2.45) is 5.16 Å². The molecule has 1 aliphatic heterocycles. The molecule has 14 nitrogen and oxygen atoms in total. The third kappa shape index (κ3) is 9.75. The van der Waals surface area contributed by atoms with Gasteiger partial charge in [-0.3, -0.25) is 28.9 Å². The number of methoxy groups -OCH3 is 1. The molecule has 16 heteroatoms. The smallest absolute Gasteiger partial charge is 0.305 e. The topological polar surface area (TPSA) is 187 Å². The van der Waals surface area contributed by atoms with E-state index in [9.17, 15) is 34.2 Å². The number of para-hydroxylation sites is 2. The van der Waals surface area contributed by atoms with Crippen LogP contribution in [0.3, 0.4) is 0 Å². The number of nitrogens with one attached hydrogen (secondary N) is 2. The number of carboxylic acid groups (broad SMARTS) is 1. The van der Waals surface area contributed by atoms with Crippen LogP contribution in [0.4, 0.5) is 11.4 Å². The van der Waals surface area contributed by atoms with E-state index >= 15 is 0 Å². The summed E-state index contributed by atoms with van der Waals surface area (Å²) in [6.07, 6.45) is 0.968. The van der Waals surface area contributed by atoms with Crippen molar-refractivity contribution in [3.8, 4) is 5.75 Å². The summed E-state index contributed by atoms with van der Waals surface area (Å²) in [6, 6.07) is 11.8. The molecule has 0 aromatic heterocycles. The summed E-state index contributed by atoms with van der Waals surface area (Å²) >= 11 is 12.3. The van der Waals surface area contributed by atoms with Gasteiger partial charge < -0.3 is 35.3 Å². The van der Waals surface area contributed by atoms with Crippen molar-refractivity contribution in [3.05, 3.63) is 86.9 Å². The average Bonchev–Trinajstić information content (AvgIpc) is 3.19. The van der Waals surface area contributed by atoms with Gasteiger partial charge in [0.15, 0.2) is 0 Å². The lowest BCUT2D eigenvalue weighted by Crippen LogP contribution is -2.55. The van der Waals surface area contributed by atoms with Crippen LogP contribution >= 0.6 is 23.2 Å². The Morgan fingerprint density at radius 2 is 1.76 bits per heavy atom. The number of anilines is 2. The van der Waals surface area contributed by atoms with Gasteiger partial charge in [-0.2, -0.15) is 0 Å². The summed E-state index contributed by atoms with van der Waals surface area (Å²) in [7, 11) is 1.34. The number of phenolic OH excluding ortho intramolecular Hbond substituents is 1. The fourth-order valence-electron chi connectivity index (χ4n) is 5.40. The molecule has 0 fully saturated rings. The molecule has 0 saturated carbocycles. The molecule has 0 bridgehead atoms. The van der Waals surface area contributed by atoms with E-state index in [0.717, 1.165) is 11.1 Å². The van der Waals surface area contributed by atoms with Crippen LogP contribution in [0.2, 0.25) is 10.0 Å². The standard InChI is InChI=1S/C35H37Cl2N5O9/c1-4-21-13-22(12-20(2)33(21)47)34(48)40-27-16-41(31(44)19-50-3)28-10-5-6-11-29(28)42(35(27)49)17-30(43)39-23(14-32(45)46)15-38-51-18-24-25(36)8-7-9-26(24)37/h5-13,15,23,27,47H,4,14,16-19H2,1-3H3,(H,39,43)(H,40,48)(H,45,46)/b38-15+/t23-,27-/m0/s1. The zero-order valence-electron chi connectivity index (χ0n) is 28.0. The van der Waals surface area contributed by atoms with Crippen molar-refractivity contribution in [2.45, 2.75) is 45.4 Å². The number of hydrogen-bond donors (Lipinski definition) is 4. The Bertz CT molecular complexity index is 1820. The predicted octanol–water partition coefficient (Wildman–Crippen LogP) is 3.86. The normalized spacial score (nSPS) is 14.8. The second kappa shape index (κ2) is 17.7. The van der Waals surface area contributed by atoms with Crippen LogP contribution in [0.25, 0.3) is 0 Å². The minimum absolute atomic E-state index is 0.0614. The van der Waals surface area contributed by atoms with Gasteiger partial charge in [0.1, 0.15) is 31.5 Å². The first kappa shape index (κ1) is 38.6. The molecular weight excluding hydrogens is 705 g/mol. The summed E-state index contributed by atoms with van der Waals surface area (Å²) in [5.74, 6) is -3.82. The number of carbonyl (C=O) groups is 5. The van der Waals surface area contributed by atoms with Crippen LogP contribution in [-0.4, -0.2) is 84.9 Å². The molecular formula is C35H37Cl2N5O9. The van der Waals surface area contributed by atoms with Gasteiger partial charge in [0, 0.05) is 28.3 Å². The molecule has 4 N–H and O–H groups in total. The van der Waals surface area contributed by atoms with E-state index in [0.29, 0.717) is 33.2 Å². The molecule has 270 valence electrons. The molecule has 1 aliphatic rings. The van der Waals surface area contributed by atoms with Gasteiger partial charge in [-0.15, -0.1) is 0 Å².